The molecular formula is C22H23N7. The van der Waals surface area contributed by atoms with Gasteiger partial charge in [-0.05, 0) is 50.2 Å². The van der Waals surface area contributed by atoms with Gasteiger partial charge in [0.2, 0.25) is 0 Å². The maximum absolute atomic E-state index is 4.90. The Morgan fingerprint density at radius 3 is 2.83 bits per heavy atom. The Kier molecular flexibility index (Phi) is 4.65. The summed E-state index contributed by atoms with van der Waals surface area (Å²) in [5, 5.41) is 3.44. The molecule has 4 aromatic rings. The smallest absolute Gasteiger partial charge is 0.116 e. The number of anilines is 1. The van der Waals surface area contributed by atoms with Crippen LogP contribution in [0.15, 0.2) is 48.9 Å². The monoisotopic (exact) mass is 385 g/mol. The molecule has 0 spiro atoms. The Bertz CT molecular complexity index is 1140. The van der Waals surface area contributed by atoms with Crippen LogP contribution in [-0.4, -0.2) is 51.1 Å². The van der Waals surface area contributed by atoms with Gasteiger partial charge in [0, 0.05) is 25.3 Å². The first kappa shape index (κ1) is 17.8. The Balaban J connectivity index is 1.54. The zero-order valence-electron chi connectivity index (χ0n) is 16.4. The predicted molar refractivity (Wildman–Crippen MR) is 115 cm³/mol. The number of aryl methyl sites for hydroxylation is 1. The number of aromatic amines is 1. The van der Waals surface area contributed by atoms with E-state index in [0.717, 1.165) is 77.8 Å². The molecule has 0 radical (unpaired) electrons. The topological polar surface area (TPSA) is 82.6 Å². The lowest BCUT2D eigenvalue weighted by Crippen LogP contribution is -2.27. The third-order valence-corrected chi connectivity index (χ3v) is 5.25. The molecule has 0 aromatic carbocycles. The number of hydrogen-bond acceptors (Lipinski definition) is 6. The molecule has 146 valence electrons. The van der Waals surface area contributed by atoms with Crippen molar-refractivity contribution in [2.24, 2.45) is 0 Å². The normalized spacial score (nSPS) is 14.9. The van der Waals surface area contributed by atoms with Gasteiger partial charge in [-0.1, -0.05) is 6.07 Å². The minimum absolute atomic E-state index is 0.809. The van der Waals surface area contributed by atoms with Crippen molar-refractivity contribution >= 4 is 16.7 Å². The summed E-state index contributed by atoms with van der Waals surface area (Å²) in [6, 6.07) is 12.1. The van der Waals surface area contributed by atoms with E-state index in [4.69, 9.17) is 4.98 Å². The standard InChI is InChI=1S/C22H23N7/c1-15-4-2-5-18(27-15)21-22(26-14-25-21)19-7-6-17-20(28-19)12-16(13-24-17)29-10-3-8-23-9-11-29/h2,4-7,12-14,23H,3,8-11H2,1H3,(H,25,26). The van der Waals surface area contributed by atoms with Crippen LogP contribution in [0.25, 0.3) is 33.8 Å². The molecule has 0 bridgehead atoms. The molecule has 5 heterocycles. The van der Waals surface area contributed by atoms with Crippen molar-refractivity contribution < 1.29 is 0 Å². The van der Waals surface area contributed by atoms with E-state index in [-0.39, 0.29) is 0 Å². The minimum atomic E-state index is 0.809. The van der Waals surface area contributed by atoms with Crippen molar-refractivity contribution in [1.29, 1.82) is 0 Å². The van der Waals surface area contributed by atoms with E-state index in [1.807, 2.05) is 43.5 Å². The SMILES string of the molecule is Cc1cccc(-c2nc[nH]c2-c2ccc3ncc(N4CCCNCC4)cc3n2)n1. The van der Waals surface area contributed by atoms with Gasteiger partial charge in [0.25, 0.3) is 0 Å². The highest BCUT2D eigenvalue weighted by Crippen LogP contribution is 2.28. The number of rotatable bonds is 3. The molecule has 29 heavy (non-hydrogen) atoms. The van der Waals surface area contributed by atoms with Crippen LogP contribution in [0.2, 0.25) is 0 Å². The Hall–Kier alpha value is -3.32. The highest BCUT2D eigenvalue weighted by Gasteiger charge is 2.15. The van der Waals surface area contributed by atoms with Gasteiger partial charge >= 0.3 is 0 Å². The van der Waals surface area contributed by atoms with Gasteiger partial charge in [0.15, 0.2) is 0 Å². The molecule has 0 unspecified atom stereocenters. The predicted octanol–water partition coefficient (Wildman–Crippen LogP) is 3.19. The summed E-state index contributed by atoms with van der Waals surface area (Å²) >= 11 is 0. The first-order valence-electron chi connectivity index (χ1n) is 9.98. The third kappa shape index (κ3) is 3.56. The molecule has 1 aliphatic heterocycles. The molecule has 0 saturated carbocycles. The van der Waals surface area contributed by atoms with Crippen molar-refractivity contribution in [2.75, 3.05) is 31.1 Å². The van der Waals surface area contributed by atoms with E-state index in [1.54, 1.807) is 6.33 Å². The molecule has 2 N–H and O–H groups in total. The second-order valence-corrected chi connectivity index (χ2v) is 7.31. The first-order chi connectivity index (χ1) is 14.3. The molecule has 0 atom stereocenters. The van der Waals surface area contributed by atoms with Gasteiger partial charge in [-0.3, -0.25) is 9.97 Å². The van der Waals surface area contributed by atoms with Crippen molar-refractivity contribution in [3.05, 3.63) is 54.6 Å². The molecule has 1 fully saturated rings. The quantitative estimate of drug-likeness (QED) is 0.564. The lowest BCUT2D eigenvalue weighted by Gasteiger charge is -2.22. The van der Waals surface area contributed by atoms with E-state index >= 15 is 0 Å². The molecule has 7 nitrogen and oxygen atoms in total. The summed E-state index contributed by atoms with van der Waals surface area (Å²) in [6.07, 6.45) is 4.78. The molecule has 1 aliphatic rings. The maximum atomic E-state index is 4.90. The number of aromatic nitrogens is 5. The fourth-order valence-electron chi connectivity index (χ4n) is 3.77. The van der Waals surface area contributed by atoms with E-state index in [9.17, 15) is 0 Å². The van der Waals surface area contributed by atoms with Crippen LogP contribution in [0.1, 0.15) is 12.1 Å². The van der Waals surface area contributed by atoms with E-state index in [1.165, 1.54) is 0 Å². The van der Waals surface area contributed by atoms with Gasteiger partial charge in [0.05, 0.1) is 46.3 Å². The largest absolute Gasteiger partial charge is 0.369 e. The fourth-order valence-corrected chi connectivity index (χ4v) is 3.77. The summed E-state index contributed by atoms with van der Waals surface area (Å²) in [6.45, 7) is 6.05. The molecule has 1 saturated heterocycles. The van der Waals surface area contributed by atoms with Crippen LogP contribution in [0.3, 0.4) is 0 Å². The van der Waals surface area contributed by atoms with Crippen LogP contribution in [-0.2, 0) is 0 Å². The van der Waals surface area contributed by atoms with Crippen LogP contribution < -0.4 is 10.2 Å². The molecule has 0 amide bonds. The average Bonchev–Trinajstić information content (AvgIpc) is 3.08. The number of imidazole rings is 1. The average molecular weight is 385 g/mol. The first-order valence-corrected chi connectivity index (χ1v) is 9.98. The number of nitrogens with one attached hydrogen (secondary N) is 2. The van der Waals surface area contributed by atoms with E-state index in [0.29, 0.717) is 0 Å². The van der Waals surface area contributed by atoms with Crippen molar-refractivity contribution in [3.63, 3.8) is 0 Å². The molecule has 5 rings (SSSR count). The Labute approximate surface area is 169 Å². The second kappa shape index (κ2) is 7.60. The summed E-state index contributed by atoms with van der Waals surface area (Å²) in [4.78, 5) is 24.3. The lowest BCUT2D eigenvalue weighted by atomic mass is 10.1. The lowest BCUT2D eigenvalue weighted by molar-refractivity contribution is 0.724. The summed E-state index contributed by atoms with van der Waals surface area (Å²) in [5.41, 5.74) is 7.21. The summed E-state index contributed by atoms with van der Waals surface area (Å²) < 4.78 is 0. The fraction of sp³-hybridized carbons (Fsp3) is 0.273. The second-order valence-electron chi connectivity index (χ2n) is 7.31. The number of hydrogen-bond donors (Lipinski definition) is 2. The third-order valence-electron chi connectivity index (χ3n) is 5.25. The minimum Gasteiger partial charge on any atom is -0.369 e. The molecule has 7 heteroatoms. The van der Waals surface area contributed by atoms with E-state index < -0.39 is 0 Å². The number of H-pyrrole nitrogens is 1. The number of pyridine rings is 3. The van der Waals surface area contributed by atoms with Gasteiger partial charge in [-0.2, -0.15) is 0 Å². The van der Waals surface area contributed by atoms with Crippen LogP contribution in [0, 0.1) is 6.92 Å². The van der Waals surface area contributed by atoms with Crippen molar-refractivity contribution in [2.45, 2.75) is 13.3 Å². The van der Waals surface area contributed by atoms with E-state index in [2.05, 4.69) is 36.2 Å². The highest BCUT2D eigenvalue weighted by molar-refractivity contribution is 5.83. The number of fused-ring (bicyclic) bond motifs is 1. The Morgan fingerprint density at radius 1 is 0.931 bits per heavy atom. The molecule has 0 aliphatic carbocycles. The number of nitrogens with zero attached hydrogens (tertiary/aromatic N) is 5. The zero-order chi connectivity index (χ0) is 19.6. The van der Waals surface area contributed by atoms with Gasteiger partial charge in [-0.15, -0.1) is 0 Å². The molecule has 4 aromatic heterocycles. The van der Waals surface area contributed by atoms with Crippen molar-refractivity contribution in [1.82, 2.24) is 30.2 Å². The molecular weight excluding hydrogens is 362 g/mol. The van der Waals surface area contributed by atoms with Crippen LogP contribution in [0.5, 0.6) is 0 Å². The maximum Gasteiger partial charge on any atom is 0.116 e. The van der Waals surface area contributed by atoms with Gasteiger partial charge in [0.1, 0.15) is 5.69 Å². The highest BCUT2D eigenvalue weighted by atomic mass is 15.2. The van der Waals surface area contributed by atoms with Crippen molar-refractivity contribution in [3.8, 4) is 22.8 Å². The zero-order valence-corrected chi connectivity index (χ0v) is 16.4. The Morgan fingerprint density at radius 2 is 1.90 bits per heavy atom. The van der Waals surface area contributed by atoms with Crippen LogP contribution >= 0.6 is 0 Å². The summed E-state index contributed by atoms with van der Waals surface area (Å²) in [5.74, 6) is 0. The van der Waals surface area contributed by atoms with Gasteiger partial charge < -0.3 is 15.2 Å². The van der Waals surface area contributed by atoms with Gasteiger partial charge in [-0.25, -0.2) is 9.97 Å². The van der Waals surface area contributed by atoms with Crippen LogP contribution in [0.4, 0.5) is 5.69 Å². The summed E-state index contributed by atoms with van der Waals surface area (Å²) in [7, 11) is 0.